The molecule has 0 radical (unpaired) electrons. The number of hydrogen-bond acceptors (Lipinski definition) is 4. The number of aromatic hydroxyl groups is 3. The number of fused-ring (bicyclic) bond motifs is 1. The zero-order valence-corrected chi connectivity index (χ0v) is 10.4. The molecule has 20 heavy (non-hydrogen) atoms. The molecule has 0 spiro atoms. The monoisotopic (exact) mass is 268 g/mol. The highest BCUT2D eigenvalue weighted by molar-refractivity contribution is 5.82. The van der Waals surface area contributed by atoms with E-state index in [0.717, 1.165) is 10.9 Å². The fraction of sp³-hybridized carbons (Fsp3) is 0. The predicted octanol–water partition coefficient (Wildman–Crippen LogP) is 3.72. The van der Waals surface area contributed by atoms with E-state index in [4.69, 9.17) is 4.42 Å². The maximum atomic E-state index is 9.41. The number of hydrogen-bond donors (Lipinski definition) is 3. The summed E-state index contributed by atoms with van der Waals surface area (Å²) in [4.78, 5) is 0. The Labute approximate surface area is 114 Å². The van der Waals surface area contributed by atoms with Crippen molar-refractivity contribution in [2.75, 3.05) is 0 Å². The van der Waals surface area contributed by atoms with Crippen LogP contribution in [0.4, 0.5) is 0 Å². The van der Waals surface area contributed by atoms with Crippen LogP contribution in [-0.2, 0) is 0 Å². The Balaban J connectivity index is 1.91. The minimum Gasteiger partial charge on any atom is -0.508 e. The van der Waals surface area contributed by atoms with Crippen LogP contribution in [0.15, 0.2) is 46.9 Å². The minimum atomic E-state index is -0.165. The van der Waals surface area contributed by atoms with Crippen LogP contribution in [0.3, 0.4) is 0 Å². The molecule has 4 heteroatoms. The Bertz CT molecular complexity index is 799. The first-order valence-corrected chi connectivity index (χ1v) is 6.04. The lowest BCUT2D eigenvalue weighted by Crippen LogP contribution is -1.73. The molecule has 100 valence electrons. The molecule has 1 aromatic heterocycles. The van der Waals surface area contributed by atoms with Gasteiger partial charge in [0.15, 0.2) is 11.5 Å². The molecule has 0 atom stereocenters. The van der Waals surface area contributed by atoms with Crippen LogP contribution in [0.25, 0.3) is 23.1 Å². The number of phenolic OH excluding ortho intramolecular Hbond substituents is 3. The van der Waals surface area contributed by atoms with Gasteiger partial charge in [0.25, 0.3) is 0 Å². The van der Waals surface area contributed by atoms with Crippen LogP contribution in [0.5, 0.6) is 17.2 Å². The predicted molar refractivity (Wildman–Crippen MR) is 76.6 cm³/mol. The smallest absolute Gasteiger partial charge is 0.157 e. The Morgan fingerprint density at radius 2 is 1.65 bits per heavy atom. The average Bonchev–Trinajstić information content (AvgIpc) is 2.82. The largest absolute Gasteiger partial charge is 0.508 e. The third-order valence-electron chi connectivity index (χ3n) is 2.96. The van der Waals surface area contributed by atoms with Gasteiger partial charge in [0.1, 0.15) is 17.1 Å². The molecule has 2 aromatic carbocycles. The second kappa shape index (κ2) is 4.66. The molecule has 3 aromatic rings. The van der Waals surface area contributed by atoms with E-state index in [2.05, 4.69) is 0 Å². The van der Waals surface area contributed by atoms with Gasteiger partial charge in [0.05, 0.1) is 0 Å². The Hall–Kier alpha value is -2.88. The van der Waals surface area contributed by atoms with E-state index >= 15 is 0 Å². The molecule has 4 nitrogen and oxygen atoms in total. The first kappa shape index (κ1) is 12.2. The third kappa shape index (κ3) is 2.31. The summed E-state index contributed by atoms with van der Waals surface area (Å²) in [6.45, 7) is 0. The minimum absolute atomic E-state index is 0.152. The number of benzene rings is 2. The SMILES string of the molecule is Oc1ccc2cc(/C=C/c3ccc(O)c(O)c3)oc2c1. The third-order valence-corrected chi connectivity index (χ3v) is 2.96. The van der Waals surface area contributed by atoms with E-state index in [0.29, 0.717) is 11.3 Å². The average molecular weight is 268 g/mol. The lowest BCUT2D eigenvalue weighted by Gasteiger charge is -1.97. The van der Waals surface area contributed by atoms with Gasteiger partial charge in [-0.15, -0.1) is 0 Å². The van der Waals surface area contributed by atoms with Crippen LogP contribution in [-0.4, -0.2) is 15.3 Å². The molecule has 0 aliphatic rings. The molecule has 0 unspecified atom stereocenters. The van der Waals surface area contributed by atoms with Gasteiger partial charge >= 0.3 is 0 Å². The van der Waals surface area contributed by atoms with Crippen molar-refractivity contribution >= 4 is 23.1 Å². The summed E-state index contributed by atoms with van der Waals surface area (Å²) >= 11 is 0. The second-order valence-electron chi connectivity index (χ2n) is 4.45. The van der Waals surface area contributed by atoms with Gasteiger partial charge in [-0.05, 0) is 42.0 Å². The van der Waals surface area contributed by atoms with Gasteiger partial charge in [-0.1, -0.05) is 12.1 Å². The van der Waals surface area contributed by atoms with Gasteiger partial charge in [0, 0.05) is 11.5 Å². The Morgan fingerprint density at radius 1 is 0.800 bits per heavy atom. The quantitative estimate of drug-likeness (QED) is 0.619. The van der Waals surface area contributed by atoms with Crippen LogP contribution in [0.2, 0.25) is 0 Å². The highest BCUT2D eigenvalue weighted by atomic mass is 16.3. The van der Waals surface area contributed by atoms with Crippen molar-refractivity contribution in [3.8, 4) is 17.2 Å². The molecule has 0 aliphatic carbocycles. The van der Waals surface area contributed by atoms with Crippen molar-refractivity contribution in [2.24, 2.45) is 0 Å². The lowest BCUT2D eigenvalue weighted by atomic mass is 10.2. The Kier molecular flexibility index (Phi) is 2.84. The zero-order chi connectivity index (χ0) is 14.1. The molecule has 0 bridgehead atoms. The standard InChI is InChI=1S/C16H12O4/c17-12-4-3-11-8-13(20-16(11)9-12)5-1-10-2-6-14(18)15(19)7-10/h1-9,17-19H/b5-1+. The van der Waals surface area contributed by atoms with Gasteiger partial charge in [-0.3, -0.25) is 0 Å². The van der Waals surface area contributed by atoms with Crippen molar-refractivity contribution in [2.45, 2.75) is 0 Å². The van der Waals surface area contributed by atoms with E-state index in [9.17, 15) is 15.3 Å². The van der Waals surface area contributed by atoms with E-state index in [1.54, 1.807) is 36.4 Å². The second-order valence-corrected chi connectivity index (χ2v) is 4.45. The summed E-state index contributed by atoms with van der Waals surface area (Å²) in [7, 11) is 0. The van der Waals surface area contributed by atoms with E-state index in [1.807, 2.05) is 6.07 Å². The van der Waals surface area contributed by atoms with Crippen molar-refractivity contribution in [3.05, 3.63) is 53.8 Å². The molecular weight excluding hydrogens is 256 g/mol. The van der Waals surface area contributed by atoms with E-state index in [1.165, 1.54) is 12.1 Å². The summed E-state index contributed by atoms with van der Waals surface area (Å²) in [5, 5.41) is 28.9. The van der Waals surface area contributed by atoms with Gasteiger partial charge < -0.3 is 19.7 Å². The van der Waals surface area contributed by atoms with Crippen molar-refractivity contribution in [3.63, 3.8) is 0 Å². The molecule has 3 rings (SSSR count). The first-order chi connectivity index (χ1) is 9.61. The molecule has 3 N–H and O–H groups in total. The fourth-order valence-corrected chi connectivity index (χ4v) is 1.94. The summed E-state index contributed by atoms with van der Waals surface area (Å²) < 4.78 is 5.57. The lowest BCUT2D eigenvalue weighted by molar-refractivity contribution is 0.403. The molecule has 0 amide bonds. The van der Waals surface area contributed by atoms with Gasteiger partial charge in [0.2, 0.25) is 0 Å². The molecule has 0 saturated heterocycles. The number of phenols is 3. The van der Waals surface area contributed by atoms with E-state index in [-0.39, 0.29) is 17.2 Å². The molecule has 1 heterocycles. The van der Waals surface area contributed by atoms with Gasteiger partial charge in [-0.25, -0.2) is 0 Å². The van der Waals surface area contributed by atoms with Crippen molar-refractivity contribution in [1.29, 1.82) is 0 Å². The zero-order valence-electron chi connectivity index (χ0n) is 10.4. The Morgan fingerprint density at radius 3 is 2.45 bits per heavy atom. The summed E-state index contributed by atoms with van der Waals surface area (Å²) in [6, 6.07) is 11.3. The number of furan rings is 1. The van der Waals surface area contributed by atoms with Crippen molar-refractivity contribution < 1.29 is 19.7 Å². The molecular formula is C16H12O4. The highest BCUT2D eigenvalue weighted by Gasteiger charge is 2.02. The van der Waals surface area contributed by atoms with Crippen LogP contribution < -0.4 is 0 Å². The molecule has 0 aliphatic heterocycles. The first-order valence-electron chi connectivity index (χ1n) is 6.04. The highest BCUT2D eigenvalue weighted by Crippen LogP contribution is 2.27. The van der Waals surface area contributed by atoms with Crippen molar-refractivity contribution in [1.82, 2.24) is 0 Å². The summed E-state index contributed by atoms with van der Waals surface area (Å²) in [6.07, 6.45) is 3.51. The van der Waals surface area contributed by atoms with Crippen LogP contribution >= 0.6 is 0 Å². The van der Waals surface area contributed by atoms with Crippen LogP contribution in [0.1, 0.15) is 11.3 Å². The molecule has 0 saturated carbocycles. The fourth-order valence-electron chi connectivity index (χ4n) is 1.94. The summed E-state index contributed by atoms with van der Waals surface area (Å²) in [5.74, 6) is 0.479. The topological polar surface area (TPSA) is 73.8 Å². The normalized spacial score (nSPS) is 11.4. The van der Waals surface area contributed by atoms with Gasteiger partial charge in [-0.2, -0.15) is 0 Å². The maximum absolute atomic E-state index is 9.41. The maximum Gasteiger partial charge on any atom is 0.157 e. The summed E-state index contributed by atoms with van der Waals surface area (Å²) in [5.41, 5.74) is 1.35. The van der Waals surface area contributed by atoms with Crippen LogP contribution in [0, 0.1) is 0 Å². The van der Waals surface area contributed by atoms with E-state index < -0.39 is 0 Å². The number of rotatable bonds is 2. The molecule has 0 fully saturated rings.